The summed E-state index contributed by atoms with van der Waals surface area (Å²) in [5.41, 5.74) is 6.45. The van der Waals surface area contributed by atoms with Gasteiger partial charge in [0.2, 0.25) is 11.8 Å². The molecular formula is C12H11N3OS. The number of aromatic nitrogens is 2. The molecule has 0 amide bonds. The van der Waals surface area contributed by atoms with Crippen LogP contribution in [0.4, 0.5) is 0 Å². The van der Waals surface area contributed by atoms with E-state index in [9.17, 15) is 0 Å². The third-order valence-corrected chi connectivity index (χ3v) is 3.50. The third-order valence-electron chi connectivity index (χ3n) is 2.54. The highest BCUT2D eigenvalue weighted by atomic mass is 32.1. The van der Waals surface area contributed by atoms with Crippen molar-refractivity contribution in [1.29, 1.82) is 0 Å². The average Bonchev–Trinajstić information content (AvgIpc) is 2.95. The van der Waals surface area contributed by atoms with E-state index in [2.05, 4.69) is 22.3 Å². The quantitative estimate of drug-likeness (QED) is 0.769. The summed E-state index contributed by atoms with van der Waals surface area (Å²) in [5.74, 6) is 1.17. The fraction of sp³-hybridized carbons (Fsp3) is 0.167. The van der Waals surface area contributed by atoms with E-state index in [1.807, 2.05) is 17.5 Å². The molecule has 2 aromatic heterocycles. The molecule has 86 valence electrons. The molecule has 1 aromatic carbocycles. The molecule has 0 aliphatic heterocycles. The van der Waals surface area contributed by atoms with Crippen LogP contribution in [0.15, 0.2) is 34.1 Å². The third kappa shape index (κ3) is 1.83. The smallest absolute Gasteiger partial charge is 0.249 e. The van der Waals surface area contributed by atoms with E-state index in [4.69, 9.17) is 10.2 Å². The van der Waals surface area contributed by atoms with Crippen LogP contribution in [0.2, 0.25) is 0 Å². The standard InChI is InChI=1S/C12H11N3OS/c13-6-5-11-14-15-12(16-11)9-7-17-10-4-2-1-3-8(9)10/h1-4,7H,5-6,13H2. The Bertz CT molecular complexity index is 644. The van der Waals surface area contributed by atoms with Gasteiger partial charge in [-0.2, -0.15) is 0 Å². The van der Waals surface area contributed by atoms with Crippen LogP contribution in [-0.4, -0.2) is 16.7 Å². The van der Waals surface area contributed by atoms with E-state index in [0.717, 1.165) is 10.9 Å². The molecule has 4 nitrogen and oxygen atoms in total. The Morgan fingerprint density at radius 2 is 2.12 bits per heavy atom. The summed E-state index contributed by atoms with van der Waals surface area (Å²) in [6, 6.07) is 8.18. The molecule has 0 fully saturated rings. The molecule has 0 unspecified atom stereocenters. The first-order chi connectivity index (χ1) is 8.38. The van der Waals surface area contributed by atoms with Crippen molar-refractivity contribution in [2.75, 3.05) is 6.54 Å². The molecule has 0 aliphatic rings. The molecule has 2 N–H and O–H groups in total. The summed E-state index contributed by atoms with van der Waals surface area (Å²) in [7, 11) is 0. The SMILES string of the molecule is NCCc1nnc(-c2csc3ccccc23)o1. The van der Waals surface area contributed by atoms with Gasteiger partial charge in [0.15, 0.2) is 0 Å². The second kappa shape index (κ2) is 4.27. The van der Waals surface area contributed by atoms with Gasteiger partial charge in [-0.1, -0.05) is 18.2 Å². The number of benzene rings is 1. The lowest BCUT2D eigenvalue weighted by molar-refractivity contribution is 0.507. The maximum Gasteiger partial charge on any atom is 0.249 e. The van der Waals surface area contributed by atoms with Gasteiger partial charge in [-0.15, -0.1) is 21.5 Å². The van der Waals surface area contributed by atoms with Crippen molar-refractivity contribution in [2.24, 2.45) is 5.73 Å². The van der Waals surface area contributed by atoms with Crippen LogP contribution in [0.5, 0.6) is 0 Å². The zero-order valence-electron chi connectivity index (χ0n) is 9.09. The molecule has 0 radical (unpaired) electrons. The minimum atomic E-state index is 0.520. The Hall–Kier alpha value is -1.72. The van der Waals surface area contributed by atoms with Crippen molar-refractivity contribution in [3.8, 4) is 11.5 Å². The summed E-state index contributed by atoms with van der Waals surface area (Å²) in [4.78, 5) is 0. The zero-order valence-corrected chi connectivity index (χ0v) is 9.91. The fourth-order valence-electron chi connectivity index (χ4n) is 1.73. The topological polar surface area (TPSA) is 64.9 Å². The second-order valence-corrected chi connectivity index (χ2v) is 4.60. The molecular weight excluding hydrogens is 234 g/mol. The first-order valence-electron chi connectivity index (χ1n) is 5.37. The number of nitrogens with two attached hydrogens (primary N) is 1. The molecule has 2 heterocycles. The summed E-state index contributed by atoms with van der Waals surface area (Å²) >= 11 is 1.68. The molecule has 0 aliphatic carbocycles. The Morgan fingerprint density at radius 1 is 1.24 bits per heavy atom. The first-order valence-corrected chi connectivity index (χ1v) is 6.25. The van der Waals surface area contributed by atoms with Crippen LogP contribution in [0.25, 0.3) is 21.5 Å². The van der Waals surface area contributed by atoms with E-state index in [1.165, 1.54) is 4.70 Å². The van der Waals surface area contributed by atoms with Gasteiger partial charge >= 0.3 is 0 Å². The maximum absolute atomic E-state index is 5.58. The van der Waals surface area contributed by atoms with Gasteiger partial charge in [0, 0.05) is 28.4 Å². The van der Waals surface area contributed by atoms with Gasteiger partial charge in [-0.3, -0.25) is 0 Å². The highest BCUT2D eigenvalue weighted by molar-refractivity contribution is 7.17. The van der Waals surface area contributed by atoms with E-state index in [1.54, 1.807) is 11.3 Å². The number of thiophene rings is 1. The predicted octanol–water partition coefficient (Wildman–Crippen LogP) is 2.45. The van der Waals surface area contributed by atoms with Gasteiger partial charge in [-0.25, -0.2) is 0 Å². The van der Waals surface area contributed by atoms with Crippen molar-refractivity contribution in [3.63, 3.8) is 0 Å². The fourth-order valence-corrected chi connectivity index (χ4v) is 2.67. The van der Waals surface area contributed by atoms with Crippen molar-refractivity contribution in [3.05, 3.63) is 35.5 Å². The Labute approximate surface area is 102 Å². The lowest BCUT2D eigenvalue weighted by atomic mass is 10.2. The summed E-state index contributed by atoms with van der Waals surface area (Å²) in [6.45, 7) is 0.520. The van der Waals surface area contributed by atoms with Gasteiger partial charge in [0.25, 0.3) is 0 Å². The normalized spacial score (nSPS) is 11.1. The molecule has 0 saturated heterocycles. The van der Waals surface area contributed by atoms with Crippen LogP contribution in [0.1, 0.15) is 5.89 Å². The Kier molecular flexibility index (Phi) is 2.62. The molecule has 5 heteroatoms. The lowest BCUT2D eigenvalue weighted by Gasteiger charge is -1.92. The molecule has 3 aromatic rings. The monoisotopic (exact) mass is 245 g/mol. The molecule has 17 heavy (non-hydrogen) atoms. The summed E-state index contributed by atoms with van der Waals surface area (Å²) in [6.07, 6.45) is 0.620. The lowest BCUT2D eigenvalue weighted by Crippen LogP contribution is -2.02. The maximum atomic E-state index is 5.58. The molecule has 3 rings (SSSR count). The van der Waals surface area contributed by atoms with Crippen LogP contribution < -0.4 is 5.73 Å². The van der Waals surface area contributed by atoms with Gasteiger partial charge in [0.1, 0.15) is 0 Å². The van der Waals surface area contributed by atoms with Crippen LogP contribution in [0.3, 0.4) is 0 Å². The molecule has 0 saturated carbocycles. The van der Waals surface area contributed by atoms with Crippen LogP contribution in [0, 0.1) is 0 Å². The predicted molar refractivity (Wildman–Crippen MR) is 67.9 cm³/mol. The number of rotatable bonds is 3. The second-order valence-electron chi connectivity index (χ2n) is 3.69. The summed E-state index contributed by atoms with van der Waals surface area (Å²) in [5, 5.41) is 11.2. The number of nitrogens with zero attached hydrogens (tertiary/aromatic N) is 2. The highest BCUT2D eigenvalue weighted by Gasteiger charge is 2.12. The first kappa shape index (κ1) is 10.4. The van der Waals surface area contributed by atoms with Gasteiger partial charge in [-0.05, 0) is 6.07 Å². The van der Waals surface area contributed by atoms with Gasteiger partial charge in [0.05, 0.1) is 5.56 Å². The number of hydrogen-bond donors (Lipinski definition) is 1. The number of fused-ring (bicyclic) bond motifs is 1. The van der Waals surface area contributed by atoms with Crippen molar-refractivity contribution >= 4 is 21.4 Å². The highest BCUT2D eigenvalue weighted by Crippen LogP contribution is 2.32. The summed E-state index contributed by atoms with van der Waals surface area (Å²) < 4.78 is 6.80. The van der Waals surface area contributed by atoms with E-state index >= 15 is 0 Å². The minimum absolute atomic E-state index is 0.520. The van der Waals surface area contributed by atoms with Crippen molar-refractivity contribution in [2.45, 2.75) is 6.42 Å². The van der Waals surface area contributed by atoms with Gasteiger partial charge < -0.3 is 10.2 Å². The molecule has 0 atom stereocenters. The molecule has 0 spiro atoms. The van der Waals surface area contributed by atoms with Crippen LogP contribution in [-0.2, 0) is 6.42 Å². The van der Waals surface area contributed by atoms with E-state index < -0.39 is 0 Å². The Morgan fingerprint density at radius 3 is 3.00 bits per heavy atom. The number of hydrogen-bond acceptors (Lipinski definition) is 5. The zero-order chi connectivity index (χ0) is 11.7. The minimum Gasteiger partial charge on any atom is -0.421 e. The largest absolute Gasteiger partial charge is 0.421 e. The van der Waals surface area contributed by atoms with Crippen molar-refractivity contribution < 1.29 is 4.42 Å². The average molecular weight is 245 g/mol. The van der Waals surface area contributed by atoms with E-state index in [-0.39, 0.29) is 0 Å². The van der Waals surface area contributed by atoms with E-state index in [0.29, 0.717) is 24.7 Å². The Balaban J connectivity index is 2.07. The van der Waals surface area contributed by atoms with Crippen molar-refractivity contribution in [1.82, 2.24) is 10.2 Å². The molecule has 0 bridgehead atoms. The van der Waals surface area contributed by atoms with Crippen LogP contribution >= 0.6 is 11.3 Å².